The Morgan fingerprint density at radius 1 is 1.00 bits per heavy atom. The van der Waals surface area contributed by atoms with Crippen LogP contribution in [-0.2, 0) is 4.74 Å². The van der Waals surface area contributed by atoms with Gasteiger partial charge in [0.1, 0.15) is 0 Å². The van der Waals surface area contributed by atoms with Gasteiger partial charge in [0.25, 0.3) is 0 Å². The Morgan fingerprint density at radius 2 is 1.70 bits per heavy atom. The Balaban J connectivity index is 0.00000200. The Bertz CT molecular complexity index is 579. The summed E-state index contributed by atoms with van der Waals surface area (Å²) < 4.78 is 10.6. The van der Waals surface area contributed by atoms with Crippen molar-refractivity contribution in [1.29, 1.82) is 0 Å². The van der Waals surface area contributed by atoms with Crippen LogP contribution in [0.5, 0.6) is 5.75 Å². The van der Waals surface area contributed by atoms with Crippen LogP contribution in [0.4, 0.5) is 0 Å². The van der Waals surface area contributed by atoms with Crippen molar-refractivity contribution < 1.29 is 28.3 Å². The number of benzene rings is 2. The molecule has 0 heterocycles. The van der Waals surface area contributed by atoms with Crippen LogP contribution >= 0.6 is 0 Å². The Hall–Kier alpha value is -1.20. The van der Waals surface area contributed by atoms with Gasteiger partial charge in [-0.2, -0.15) is 17.7 Å². The van der Waals surface area contributed by atoms with Crippen molar-refractivity contribution in [3.63, 3.8) is 0 Å². The van der Waals surface area contributed by atoms with Gasteiger partial charge in [-0.3, -0.25) is 0 Å². The van der Waals surface area contributed by atoms with Gasteiger partial charge in [0.15, 0.2) is 6.79 Å². The fraction of sp³-hybridized carbons (Fsp3) is 0.294. The standard InChI is InChI=1S/C17H19O2.Li/c1-12-5-7-14(3)15(9-12)16-10-13(2)6-8-17(16)19-11-18-4;/h5-7,9-10H,11H2,1-4H3;/q-1;+1. The molecule has 3 heteroatoms. The Labute approximate surface area is 133 Å². The van der Waals surface area contributed by atoms with E-state index in [0.717, 1.165) is 11.3 Å². The predicted molar refractivity (Wildman–Crippen MR) is 77.4 cm³/mol. The zero-order chi connectivity index (χ0) is 13.8. The Kier molecular flexibility index (Phi) is 6.36. The van der Waals surface area contributed by atoms with Gasteiger partial charge in [0.05, 0.1) is 0 Å². The van der Waals surface area contributed by atoms with Gasteiger partial charge in [-0.05, 0) is 13.8 Å². The molecule has 0 radical (unpaired) electrons. The van der Waals surface area contributed by atoms with Crippen LogP contribution in [0.15, 0.2) is 30.3 Å². The molecule has 0 atom stereocenters. The van der Waals surface area contributed by atoms with Gasteiger partial charge in [0, 0.05) is 12.9 Å². The molecular formula is C17H19LiO2. The molecule has 0 aliphatic heterocycles. The average Bonchev–Trinajstić information content (AvgIpc) is 2.40. The first-order chi connectivity index (χ1) is 9.11. The largest absolute Gasteiger partial charge is 1.00 e. The molecule has 0 bridgehead atoms. The molecule has 0 fully saturated rings. The average molecular weight is 262 g/mol. The molecule has 0 saturated heterocycles. The summed E-state index contributed by atoms with van der Waals surface area (Å²) in [6.07, 6.45) is 0. The van der Waals surface area contributed by atoms with E-state index in [0.29, 0.717) is 0 Å². The van der Waals surface area contributed by atoms with E-state index in [1.54, 1.807) is 7.11 Å². The van der Waals surface area contributed by atoms with Gasteiger partial charge in [-0.15, -0.1) is 6.07 Å². The van der Waals surface area contributed by atoms with Gasteiger partial charge >= 0.3 is 18.9 Å². The van der Waals surface area contributed by atoms with Gasteiger partial charge in [0.2, 0.25) is 0 Å². The minimum absolute atomic E-state index is 0. The summed E-state index contributed by atoms with van der Waals surface area (Å²) in [6.45, 7) is 6.50. The molecule has 0 N–H and O–H groups in total. The summed E-state index contributed by atoms with van der Waals surface area (Å²) in [5.74, 6) is 0.737. The third-order valence-electron chi connectivity index (χ3n) is 3.05. The first-order valence-corrected chi connectivity index (χ1v) is 6.33. The van der Waals surface area contributed by atoms with E-state index in [1.165, 1.54) is 22.3 Å². The summed E-state index contributed by atoms with van der Waals surface area (Å²) in [5.41, 5.74) is 5.89. The Morgan fingerprint density at radius 3 is 2.40 bits per heavy atom. The summed E-state index contributed by atoms with van der Waals surface area (Å²) in [5, 5.41) is 0. The summed E-state index contributed by atoms with van der Waals surface area (Å²) >= 11 is 0. The van der Waals surface area contributed by atoms with E-state index in [-0.39, 0.29) is 25.7 Å². The molecule has 0 spiro atoms. The topological polar surface area (TPSA) is 18.5 Å². The van der Waals surface area contributed by atoms with Gasteiger partial charge in [-0.25, -0.2) is 0 Å². The molecule has 2 nitrogen and oxygen atoms in total. The van der Waals surface area contributed by atoms with Gasteiger partial charge in [-0.1, -0.05) is 47.4 Å². The maximum Gasteiger partial charge on any atom is 1.00 e. The zero-order valence-corrected chi connectivity index (χ0v) is 12.9. The first kappa shape index (κ1) is 16.9. The molecule has 0 saturated carbocycles. The van der Waals surface area contributed by atoms with E-state index < -0.39 is 0 Å². The monoisotopic (exact) mass is 262 g/mol. The van der Waals surface area contributed by atoms with Crippen molar-refractivity contribution in [3.8, 4) is 16.9 Å². The molecule has 2 rings (SSSR count). The molecular weight excluding hydrogens is 243 g/mol. The molecule has 0 aliphatic carbocycles. The van der Waals surface area contributed by atoms with Crippen LogP contribution in [0.3, 0.4) is 0 Å². The third kappa shape index (κ3) is 3.90. The SMILES string of the molecule is COCOc1[c-]cc(C)cc1-c1cc(C)ccc1C.[Li+]. The summed E-state index contributed by atoms with van der Waals surface area (Å²) in [7, 11) is 1.62. The first-order valence-electron chi connectivity index (χ1n) is 6.33. The second-order valence-electron chi connectivity index (χ2n) is 4.79. The number of ether oxygens (including phenoxy) is 2. The molecule has 2 aromatic rings. The normalized spacial score (nSPS) is 10.0. The van der Waals surface area contributed by atoms with Crippen molar-refractivity contribution in [1.82, 2.24) is 0 Å². The fourth-order valence-electron chi connectivity index (χ4n) is 2.06. The number of methoxy groups -OCH3 is 1. The van der Waals surface area contributed by atoms with Crippen LogP contribution in [-0.4, -0.2) is 13.9 Å². The van der Waals surface area contributed by atoms with Crippen molar-refractivity contribution in [3.05, 3.63) is 53.1 Å². The van der Waals surface area contributed by atoms with Crippen molar-refractivity contribution in [2.75, 3.05) is 13.9 Å². The van der Waals surface area contributed by atoms with E-state index in [9.17, 15) is 0 Å². The molecule has 100 valence electrons. The molecule has 2 aromatic carbocycles. The molecule has 0 aromatic heterocycles. The maximum absolute atomic E-state index is 5.61. The van der Waals surface area contributed by atoms with Crippen molar-refractivity contribution in [2.45, 2.75) is 20.8 Å². The van der Waals surface area contributed by atoms with Crippen LogP contribution in [0.2, 0.25) is 0 Å². The smallest absolute Gasteiger partial charge is 0.493 e. The van der Waals surface area contributed by atoms with Crippen LogP contribution in [0.25, 0.3) is 11.1 Å². The predicted octanol–water partition coefficient (Wildman–Crippen LogP) is 1.07. The quantitative estimate of drug-likeness (QED) is 0.466. The molecule has 0 amide bonds. The van der Waals surface area contributed by atoms with Crippen molar-refractivity contribution >= 4 is 0 Å². The summed E-state index contributed by atoms with van der Waals surface area (Å²) in [6, 6.07) is 13.7. The molecule has 0 aliphatic rings. The second-order valence-corrected chi connectivity index (χ2v) is 4.79. The number of rotatable bonds is 4. The van der Waals surface area contributed by atoms with Gasteiger partial charge < -0.3 is 9.47 Å². The second kappa shape index (κ2) is 7.55. The van der Waals surface area contributed by atoms with E-state index in [2.05, 4.69) is 51.1 Å². The minimum atomic E-state index is 0. The minimum Gasteiger partial charge on any atom is -0.493 e. The van der Waals surface area contributed by atoms with Crippen LogP contribution in [0, 0.1) is 26.8 Å². The molecule has 20 heavy (non-hydrogen) atoms. The van der Waals surface area contributed by atoms with Crippen LogP contribution in [0.1, 0.15) is 16.7 Å². The number of hydrogen-bond donors (Lipinski definition) is 0. The third-order valence-corrected chi connectivity index (χ3v) is 3.05. The van der Waals surface area contributed by atoms with E-state index in [4.69, 9.17) is 9.47 Å². The van der Waals surface area contributed by atoms with Crippen molar-refractivity contribution in [2.24, 2.45) is 0 Å². The molecule has 0 unspecified atom stereocenters. The maximum atomic E-state index is 5.61. The van der Waals surface area contributed by atoms with Crippen LogP contribution < -0.4 is 23.6 Å². The van der Waals surface area contributed by atoms with E-state index in [1.807, 2.05) is 6.07 Å². The summed E-state index contributed by atoms with van der Waals surface area (Å²) in [4.78, 5) is 0. The number of hydrogen-bond acceptors (Lipinski definition) is 2. The van der Waals surface area contributed by atoms with E-state index >= 15 is 0 Å². The number of aryl methyl sites for hydroxylation is 3. The zero-order valence-electron chi connectivity index (χ0n) is 12.9. The fourth-order valence-corrected chi connectivity index (χ4v) is 2.06.